The smallest absolute Gasteiger partial charge is 0.387 e. The monoisotopic (exact) mass is 467 g/mol. The number of hydrogen-bond acceptors (Lipinski definition) is 5. The summed E-state index contributed by atoms with van der Waals surface area (Å²) in [5, 5.41) is 2.49. The molecule has 9 heteroatoms. The van der Waals surface area contributed by atoms with E-state index in [-0.39, 0.29) is 17.1 Å². The number of ketones is 1. The summed E-state index contributed by atoms with van der Waals surface area (Å²) >= 11 is 3.20. The molecule has 0 unspecified atom stereocenters. The van der Waals surface area contributed by atoms with E-state index >= 15 is 0 Å². The van der Waals surface area contributed by atoms with E-state index in [0.29, 0.717) is 15.7 Å². The average Bonchev–Trinajstić information content (AvgIpc) is 2.66. The molecule has 0 saturated heterocycles. The first-order chi connectivity index (χ1) is 13.8. The number of benzene rings is 2. The van der Waals surface area contributed by atoms with Gasteiger partial charge in [-0.05, 0) is 43.3 Å². The molecule has 0 aliphatic heterocycles. The van der Waals surface area contributed by atoms with Gasteiger partial charge in [0.1, 0.15) is 5.75 Å². The molecule has 29 heavy (non-hydrogen) atoms. The van der Waals surface area contributed by atoms with Crippen LogP contribution < -0.4 is 10.1 Å². The molecule has 2 rings (SSSR count). The van der Waals surface area contributed by atoms with Crippen LogP contribution in [-0.4, -0.2) is 30.9 Å². The third-order valence-electron chi connectivity index (χ3n) is 3.51. The lowest BCUT2D eigenvalue weighted by molar-refractivity contribution is -0.142. The van der Waals surface area contributed by atoms with Gasteiger partial charge in [0.25, 0.3) is 5.91 Å². The van der Waals surface area contributed by atoms with Crippen LogP contribution in [0.2, 0.25) is 0 Å². The number of Topliss-reactive ketones (excluding diaryl/α,β-unsaturated/α-hetero) is 1. The molecule has 1 N–H and O–H groups in total. The highest BCUT2D eigenvalue weighted by atomic mass is 79.9. The fourth-order valence-corrected chi connectivity index (χ4v) is 2.66. The van der Waals surface area contributed by atoms with E-state index in [4.69, 9.17) is 4.74 Å². The van der Waals surface area contributed by atoms with Gasteiger partial charge in [0, 0.05) is 21.7 Å². The molecule has 6 nitrogen and oxygen atoms in total. The van der Waals surface area contributed by atoms with Crippen molar-refractivity contribution in [2.24, 2.45) is 0 Å². The zero-order valence-electron chi connectivity index (χ0n) is 15.2. The highest BCUT2D eigenvalue weighted by Crippen LogP contribution is 2.26. The van der Waals surface area contributed by atoms with Gasteiger partial charge in [-0.25, -0.2) is 4.79 Å². The lowest BCUT2D eigenvalue weighted by Gasteiger charge is -2.09. The largest absolute Gasteiger partial charge is 0.452 e. The van der Waals surface area contributed by atoms with Gasteiger partial charge in [0.05, 0.1) is 5.69 Å². The number of anilines is 1. The van der Waals surface area contributed by atoms with Gasteiger partial charge in [-0.3, -0.25) is 9.59 Å². The molecule has 0 aliphatic carbocycles. The Hall–Kier alpha value is -3.07. The molecule has 2 aromatic carbocycles. The van der Waals surface area contributed by atoms with Crippen LogP contribution in [0.4, 0.5) is 14.5 Å². The van der Waals surface area contributed by atoms with Gasteiger partial charge in [-0.1, -0.05) is 28.1 Å². The van der Waals surface area contributed by atoms with Crippen LogP contribution in [0.15, 0.2) is 53.0 Å². The van der Waals surface area contributed by atoms with E-state index in [9.17, 15) is 23.2 Å². The van der Waals surface area contributed by atoms with Gasteiger partial charge in [0.15, 0.2) is 12.4 Å². The van der Waals surface area contributed by atoms with Crippen molar-refractivity contribution in [1.82, 2.24) is 0 Å². The highest BCUT2D eigenvalue weighted by Gasteiger charge is 2.12. The third kappa shape index (κ3) is 7.11. The number of carbonyl (C=O) groups is 3. The number of ether oxygens (including phenoxy) is 2. The van der Waals surface area contributed by atoms with Crippen molar-refractivity contribution >= 4 is 45.4 Å². The zero-order chi connectivity index (χ0) is 21.4. The van der Waals surface area contributed by atoms with E-state index in [1.54, 1.807) is 24.3 Å². The Morgan fingerprint density at radius 2 is 1.90 bits per heavy atom. The minimum absolute atomic E-state index is 0.120. The maximum Gasteiger partial charge on any atom is 0.387 e. The molecule has 0 fully saturated rings. The first kappa shape index (κ1) is 22.2. The predicted octanol–water partition coefficient (Wildman–Crippen LogP) is 4.45. The molecule has 0 heterocycles. The number of carbonyl (C=O) groups excluding carboxylic acids is 3. The predicted molar refractivity (Wildman–Crippen MR) is 106 cm³/mol. The first-order valence-electron chi connectivity index (χ1n) is 8.25. The van der Waals surface area contributed by atoms with Gasteiger partial charge >= 0.3 is 12.6 Å². The van der Waals surface area contributed by atoms with Crippen LogP contribution in [-0.2, 0) is 14.3 Å². The first-order valence-corrected chi connectivity index (χ1v) is 9.04. The SMILES string of the molecule is CC(=O)c1ccccc1NC(=O)COC(=O)/C=C/c1cc(Br)ccc1OC(F)F. The number of rotatable bonds is 8. The second-order valence-electron chi connectivity index (χ2n) is 5.65. The Morgan fingerprint density at radius 1 is 1.17 bits per heavy atom. The normalized spacial score (nSPS) is 10.8. The van der Waals surface area contributed by atoms with E-state index < -0.39 is 25.1 Å². The molecule has 0 aliphatic rings. The Kier molecular flexibility index (Phi) is 8.02. The summed E-state index contributed by atoms with van der Waals surface area (Å²) in [4.78, 5) is 35.3. The maximum absolute atomic E-state index is 12.5. The van der Waals surface area contributed by atoms with Gasteiger partial charge in [-0.2, -0.15) is 8.78 Å². The van der Waals surface area contributed by atoms with Crippen molar-refractivity contribution in [2.45, 2.75) is 13.5 Å². The summed E-state index contributed by atoms with van der Waals surface area (Å²) in [6.45, 7) is -2.24. The quantitative estimate of drug-likeness (QED) is 0.352. The van der Waals surface area contributed by atoms with E-state index in [1.807, 2.05) is 0 Å². The van der Waals surface area contributed by atoms with Crippen LogP contribution in [0.5, 0.6) is 5.75 Å². The zero-order valence-corrected chi connectivity index (χ0v) is 16.7. The van der Waals surface area contributed by atoms with E-state index in [2.05, 4.69) is 26.0 Å². The highest BCUT2D eigenvalue weighted by molar-refractivity contribution is 9.10. The standard InChI is InChI=1S/C20H16BrF2NO5/c1-12(25)15-4-2-3-5-16(15)24-18(26)11-28-19(27)9-6-13-10-14(21)7-8-17(13)29-20(22)23/h2-10,20H,11H2,1H3,(H,24,26)/b9-6+. The van der Waals surface area contributed by atoms with E-state index in [0.717, 1.165) is 6.08 Å². The summed E-state index contributed by atoms with van der Waals surface area (Å²) < 4.78 is 34.7. The van der Waals surface area contributed by atoms with Crippen LogP contribution >= 0.6 is 15.9 Å². The number of halogens is 3. The van der Waals surface area contributed by atoms with Crippen LogP contribution in [0.25, 0.3) is 6.08 Å². The molecule has 0 spiro atoms. The number of esters is 1. The average molecular weight is 468 g/mol. The number of para-hydroxylation sites is 1. The van der Waals surface area contributed by atoms with Crippen molar-refractivity contribution < 1.29 is 32.6 Å². The topological polar surface area (TPSA) is 81.7 Å². The molecule has 0 aromatic heterocycles. The Bertz CT molecular complexity index is 946. The summed E-state index contributed by atoms with van der Waals surface area (Å²) in [5.41, 5.74) is 0.851. The van der Waals surface area contributed by atoms with Crippen molar-refractivity contribution in [3.05, 3.63) is 64.1 Å². The lowest BCUT2D eigenvalue weighted by Crippen LogP contribution is -2.21. The molecule has 0 radical (unpaired) electrons. The Morgan fingerprint density at radius 3 is 2.59 bits per heavy atom. The maximum atomic E-state index is 12.5. The number of alkyl halides is 2. The van der Waals surface area contributed by atoms with Crippen molar-refractivity contribution in [3.63, 3.8) is 0 Å². The summed E-state index contributed by atoms with van der Waals surface area (Å²) in [6, 6.07) is 10.7. The summed E-state index contributed by atoms with van der Waals surface area (Å²) in [7, 11) is 0. The van der Waals surface area contributed by atoms with Crippen molar-refractivity contribution in [2.75, 3.05) is 11.9 Å². The van der Waals surface area contributed by atoms with Gasteiger partial charge in [0.2, 0.25) is 0 Å². The molecule has 0 saturated carbocycles. The minimum atomic E-state index is -3.02. The molecular formula is C20H16BrF2NO5. The van der Waals surface area contributed by atoms with Gasteiger partial charge in [-0.15, -0.1) is 0 Å². The fourth-order valence-electron chi connectivity index (χ4n) is 2.28. The van der Waals surface area contributed by atoms with Crippen LogP contribution in [0, 0.1) is 0 Å². The lowest BCUT2D eigenvalue weighted by atomic mass is 10.1. The molecule has 152 valence electrons. The van der Waals surface area contributed by atoms with Crippen LogP contribution in [0.3, 0.4) is 0 Å². The Labute approximate surface area is 173 Å². The van der Waals surface area contributed by atoms with Gasteiger partial charge < -0.3 is 14.8 Å². The molecular weight excluding hydrogens is 452 g/mol. The summed E-state index contributed by atoms with van der Waals surface area (Å²) in [5.74, 6) is -1.84. The second-order valence-corrected chi connectivity index (χ2v) is 6.57. The molecule has 1 amide bonds. The number of amides is 1. The summed E-state index contributed by atoms with van der Waals surface area (Å²) in [6.07, 6.45) is 2.21. The minimum Gasteiger partial charge on any atom is -0.452 e. The fraction of sp³-hybridized carbons (Fsp3) is 0.150. The molecule has 2 aromatic rings. The molecule has 0 bridgehead atoms. The second kappa shape index (κ2) is 10.5. The van der Waals surface area contributed by atoms with Crippen molar-refractivity contribution in [1.29, 1.82) is 0 Å². The number of nitrogens with one attached hydrogen (secondary N) is 1. The molecule has 0 atom stereocenters. The third-order valence-corrected chi connectivity index (χ3v) is 4.01. The number of hydrogen-bond donors (Lipinski definition) is 1. The van der Waals surface area contributed by atoms with Crippen LogP contribution in [0.1, 0.15) is 22.8 Å². The van der Waals surface area contributed by atoms with Crippen molar-refractivity contribution in [3.8, 4) is 5.75 Å². The Balaban J connectivity index is 1.96. The van der Waals surface area contributed by atoms with E-state index in [1.165, 1.54) is 31.2 Å².